The highest BCUT2D eigenvalue weighted by molar-refractivity contribution is 7.94. The second-order valence-corrected chi connectivity index (χ2v) is 8.42. The molecule has 0 unspecified atom stereocenters. The summed E-state index contributed by atoms with van der Waals surface area (Å²) in [6.07, 6.45) is 0. The summed E-state index contributed by atoms with van der Waals surface area (Å²) in [5.74, 6) is 0.752. The zero-order valence-electron chi connectivity index (χ0n) is 16.5. The number of para-hydroxylation sites is 1. The van der Waals surface area contributed by atoms with Gasteiger partial charge in [-0.25, -0.2) is 13.2 Å². The first-order valence-electron chi connectivity index (χ1n) is 9.18. The van der Waals surface area contributed by atoms with Gasteiger partial charge in [-0.1, -0.05) is 42.5 Å². The number of nitrogens with zero attached hydrogens (tertiary/aromatic N) is 2. The topological polar surface area (TPSA) is 76.2 Å². The molecule has 4 rings (SSSR count). The predicted octanol–water partition coefficient (Wildman–Crippen LogP) is 4.04. The molecule has 0 saturated heterocycles. The summed E-state index contributed by atoms with van der Waals surface area (Å²) in [6, 6.07) is 19.8. The molecule has 0 aliphatic carbocycles. The number of benzene rings is 3. The van der Waals surface area contributed by atoms with E-state index < -0.39 is 16.1 Å². The summed E-state index contributed by atoms with van der Waals surface area (Å²) < 4.78 is 38.1. The van der Waals surface area contributed by atoms with Crippen molar-refractivity contribution < 1.29 is 22.7 Å². The first kappa shape index (κ1) is 19.8. The number of amides is 2. The molecule has 0 fully saturated rings. The van der Waals surface area contributed by atoms with Crippen LogP contribution in [-0.4, -0.2) is 28.7 Å². The van der Waals surface area contributed by atoms with Crippen LogP contribution < -0.4 is 18.7 Å². The Morgan fingerprint density at radius 3 is 2.07 bits per heavy atom. The summed E-state index contributed by atoms with van der Waals surface area (Å²) in [6.45, 7) is 0.226. The Balaban J connectivity index is 1.89. The summed E-state index contributed by atoms with van der Waals surface area (Å²) in [5, 5.41) is 0. The molecule has 2 amide bonds. The lowest BCUT2D eigenvalue weighted by Gasteiger charge is -2.36. The molecule has 8 heteroatoms. The van der Waals surface area contributed by atoms with Crippen LogP contribution >= 0.6 is 0 Å². The van der Waals surface area contributed by atoms with Gasteiger partial charge in [0.05, 0.1) is 32.1 Å². The monoisotopic (exact) mass is 424 g/mol. The Kier molecular flexibility index (Phi) is 5.09. The van der Waals surface area contributed by atoms with E-state index in [1.165, 1.54) is 37.3 Å². The fourth-order valence-corrected chi connectivity index (χ4v) is 4.97. The van der Waals surface area contributed by atoms with Gasteiger partial charge in [0.2, 0.25) is 0 Å². The van der Waals surface area contributed by atoms with Crippen molar-refractivity contribution in [2.24, 2.45) is 0 Å². The molecule has 30 heavy (non-hydrogen) atoms. The highest BCUT2D eigenvalue weighted by atomic mass is 32.2. The van der Waals surface area contributed by atoms with Crippen LogP contribution in [0.15, 0.2) is 77.7 Å². The zero-order chi connectivity index (χ0) is 21.3. The van der Waals surface area contributed by atoms with Crippen LogP contribution in [-0.2, 0) is 16.6 Å². The Morgan fingerprint density at radius 1 is 0.833 bits per heavy atom. The third kappa shape index (κ3) is 3.35. The largest absolute Gasteiger partial charge is 0.497 e. The van der Waals surface area contributed by atoms with Crippen molar-refractivity contribution in [2.75, 3.05) is 23.4 Å². The lowest BCUT2D eigenvalue weighted by Crippen LogP contribution is -2.50. The number of urea groups is 1. The number of rotatable bonds is 5. The highest BCUT2D eigenvalue weighted by Gasteiger charge is 2.42. The van der Waals surface area contributed by atoms with Crippen LogP contribution in [0.3, 0.4) is 0 Å². The van der Waals surface area contributed by atoms with Crippen molar-refractivity contribution in [3.8, 4) is 11.5 Å². The lowest BCUT2D eigenvalue weighted by atomic mass is 10.2. The minimum absolute atomic E-state index is 0.0577. The van der Waals surface area contributed by atoms with Gasteiger partial charge in [0.25, 0.3) is 10.0 Å². The van der Waals surface area contributed by atoms with Gasteiger partial charge in [-0.05, 0) is 17.7 Å². The highest BCUT2D eigenvalue weighted by Crippen LogP contribution is 2.40. The summed E-state index contributed by atoms with van der Waals surface area (Å²) in [5.41, 5.74) is 1.37. The SMILES string of the molecule is COc1cc(OC)cc(N2C(=O)N(Cc3ccccc3)c3ccccc3S2(=O)=O)c1. The van der Waals surface area contributed by atoms with E-state index in [9.17, 15) is 13.2 Å². The molecule has 0 bridgehead atoms. The molecule has 1 aliphatic heterocycles. The Bertz CT molecular complexity index is 1170. The summed E-state index contributed by atoms with van der Waals surface area (Å²) >= 11 is 0. The average molecular weight is 424 g/mol. The standard InChI is InChI=1S/C22H20N2O5S/c1-28-18-12-17(13-19(14-18)29-2)24-22(25)23(15-16-8-4-3-5-9-16)20-10-6-7-11-21(20)30(24,26)27/h3-14H,15H2,1-2H3. The molecule has 1 aliphatic rings. The minimum atomic E-state index is -4.13. The normalized spacial score (nSPS) is 14.9. The second kappa shape index (κ2) is 7.72. The van der Waals surface area contributed by atoms with Crippen LogP contribution in [0.5, 0.6) is 11.5 Å². The average Bonchev–Trinajstić information content (AvgIpc) is 2.77. The predicted molar refractivity (Wildman–Crippen MR) is 114 cm³/mol. The van der Waals surface area contributed by atoms with Gasteiger partial charge in [-0.15, -0.1) is 0 Å². The van der Waals surface area contributed by atoms with Crippen molar-refractivity contribution >= 4 is 27.4 Å². The number of hydrogen-bond donors (Lipinski definition) is 0. The van der Waals surface area contributed by atoms with E-state index in [0.717, 1.165) is 9.87 Å². The van der Waals surface area contributed by atoms with E-state index in [2.05, 4.69) is 0 Å². The van der Waals surface area contributed by atoms with Crippen molar-refractivity contribution in [3.05, 3.63) is 78.4 Å². The Labute approximate surface area is 175 Å². The molecule has 3 aromatic carbocycles. The van der Waals surface area contributed by atoms with E-state index in [1.54, 1.807) is 24.3 Å². The number of carbonyl (C=O) groups excluding carboxylic acids is 1. The van der Waals surface area contributed by atoms with Gasteiger partial charge in [0, 0.05) is 18.2 Å². The molecular weight excluding hydrogens is 404 g/mol. The molecule has 0 radical (unpaired) electrons. The maximum Gasteiger partial charge on any atom is 0.343 e. The zero-order valence-corrected chi connectivity index (χ0v) is 17.3. The van der Waals surface area contributed by atoms with Gasteiger partial charge in [-0.3, -0.25) is 4.90 Å². The van der Waals surface area contributed by atoms with E-state index in [0.29, 0.717) is 17.2 Å². The number of ether oxygens (including phenoxy) is 2. The van der Waals surface area contributed by atoms with Gasteiger partial charge >= 0.3 is 6.03 Å². The third-order valence-corrected chi connectivity index (χ3v) is 6.58. The van der Waals surface area contributed by atoms with E-state index in [1.807, 2.05) is 30.3 Å². The van der Waals surface area contributed by atoms with Crippen LogP contribution in [0.25, 0.3) is 0 Å². The molecule has 7 nitrogen and oxygen atoms in total. The van der Waals surface area contributed by atoms with Crippen LogP contribution in [0.1, 0.15) is 5.56 Å². The Hall–Kier alpha value is -3.52. The molecule has 3 aromatic rings. The molecule has 0 spiro atoms. The molecule has 154 valence electrons. The first-order valence-corrected chi connectivity index (χ1v) is 10.6. The minimum Gasteiger partial charge on any atom is -0.497 e. The quantitative estimate of drug-likeness (QED) is 0.618. The van der Waals surface area contributed by atoms with E-state index >= 15 is 0 Å². The van der Waals surface area contributed by atoms with Crippen LogP contribution in [0, 0.1) is 0 Å². The Morgan fingerprint density at radius 2 is 1.43 bits per heavy atom. The smallest absolute Gasteiger partial charge is 0.343 e. The number of hydrogen-bond acceptors (Lipinski definition) is 5. The molecule has 0 atom stereocenters. The van der Waals surface area contributed by atoms with Crippen molar-refractivity contribution in [1.29, 1.82) is 0 Å². The van der Waals surface area contributed by atoms with Crippen molar-refractivity contribution in [1.82, 2.24) is 0 Å². The van der Waals surface area contributed by atoms with E-state index in [-0.39, 0.29) is 17.1 Å². The van der Waals surface area contributed by atoms with Gasteiger partial charge in [0.1, 0.15) is 16.4 Å². The van der Waals surface area contributed by atoms with Crippen LogP contribution in [0.4, 0.5) is 16.2 Å². The number of anilines is 2. The fraction of sp³-hybridized carbons (Fsp3) is 0.136. The lowest BCUT2D eigenvalue weighted by molar-refractivity contribution is 0.253. The number of carbonyl (C=O) groups is 1. The van der Waals surface area contributed by atoms with Gasteiger partial charge in [-0.2, -0.15) is 4.31 Å². The van der Waals surface area contributed by atoms with Crippen molar-refractivity contribution in [3.63, 3.8) is 0 Å². The summed E-state index contributed by atoms with van der Waals surface area (Å²) in [7, 11) is -1.21. The second-order valence-electron chi connectivity index (χ2n) is 6.66. The van der Waals surface area contributed by atoms with Crippen LogP contribution in [0.2, 0.25) is 0 Å². The number of sulfonamides is 1. The maximum atomic E-state index is 13.5. The third-order valence-electron chi connectivity index (χ3n) is 4.83. The number of methoxy groups -OCH3 is 2. The van der Waals surface area contributed by atoms with Gasteiger partial charge in [0.15, 0.2) is 0 Å². The first-order chi connectivity index (χ1) is 14.5. The van der Waals surface area contributed by atoms with Crippen molar-refractivity contribution in [2.45, 2.75) is 11.4 Å². The molecule has 0 N–H and O–H groups in total. The van der Waals surface area contributed by atoms with E-state index in [4.69, 9.17) is 9.47 Å². The fourth-order valence-electron chi connectivity index (χ4n) is 3.39. The maximum absolute atomic E-state index is 13.5. The molecule has 0 saturated carbocycles. The molecular formula is C22H20N2O5S. The summed E-state index contributed by atoms with van der Waals surface area (Å²) in [4.78, 5) is 15.0. The molecule has 1 heterocycles. The number of fused-ring (bicyclic) bond motifs is 1. The van der Waals surface area contributed by atoms with Gasteiger partial charge < -0.3 is 9.47 Å². The molecule has 0 aromatic heterocycles.